The zero-order valence-electron chi connectivity index (χ0n) is 21.0. The number of urea groups is 1. The molecule has 0 unspecified atom stereocenters. The molecule has 0 aliphatic carbocycles. The van der Waals surface area contributed by atoms with Crippen molar-refractivity contribution in [2.24, 2.45) is 0 Å². The Balaban J connectivity index is 1.42. The number of nitrogens with one attached hydrogen (secondary N) is 2. The zero-order valence-corrected chi connectivity index (χ0v) is 21.9. The number of carbonyl (C=O) groups excluding carboxylic acids is 2. The van der Waals surface area contributed by atoms with Crippen LogP contribution in [0.3, 0.4) is 0 Å². The molecule has 200 valence electrons. The van der Waals surface area contributed by atoms with Crippen LogP contribution in [0.1, 0.15) is 42.4 Å². The summed E-state index contributed by atoms with van der Waals surface area (Å²) in [6.07, 6.45) is 1.56. The van der Waals surface area contributed by atoms with E-state index < -0.39 is 18.3 Å². The number of pyridine rings is 1. The maximum absolute atomic E-state index is 12.1. The standard InChI is InChI=1S/C28H31N3O6S/c1-2-35-26(33)16-30-28(34)31-22-12-10-21(11-13-22)27-36-23(18-38-25-5-3-4-14-29-25)15-24(37-27)20-8-6-19(17-32)7-9-20/h3-14,23-24,27,32H,2,15-18H2,1H3,(H2,30,31,34)/t23-,24+,27+/m1/s1. The summed E-state index contributed by atoms with van der Waals surface area (Å²) in [5.41, 5.74) is 3.23. The van der Waals surface area contributed by atoms with Gasteiger partial charge in [-0.1, -0.05) is 42.5 Å². The van der Waals surface area contributed by atoms with Gasteiger partial charge in [0.25, 0.3) is 0 Å². The maximum Gasteiger partial charge on any atom is 0.325 e. The van der Waals surface area contributed by atoms with Gasteiger partial charge < -0.3 is 30.0 Å². The highest BCUT2D eigenvalue weighted by atomic mass is 32.2. The number of aromatic nitrogens is 1. The Hall–Kier alpha value is -3.44. The van der Waals surface area contributed by atoms with Crippen molar-refractivity contribution in [1.82, 2.24) is 10.3 Å². The Bertz CT molecular complexity index is 1180. The number of hydrogen-bond donors (Lipinski definition) is 3. The van der Waals surface area contributed by atoms with Crippen LogP contribution in [0.15, 0.2) is 78.0 Å². The minimum absolute atomic E-state index is 0.0118. The second-order valence-electron chi connectivity index (χ2n) is 8.56. The Morgan fingerprint density at radius 2 is 1.82 bits per heavy atom. The van der Waals surface area contributed by atoms with Crippen LogP contribution >= 0.6 is 11.8 Å². The third-order valence-electron chi connectivity index (χ3n) is 5.81. The first kappa shape index (κ1) is 27.6. The number of esters is 1. The lowest BCUT2D eigenvalue weighted by molar-refractivity contribution is -0.245. The van der Waals surface area contributed by atoms with Crippen LogP contribution in [0.5, 0.6) is 0 Å². The first-order valence-electron chi connectivity index (χ1n) is 12.4. The monoisotopic (exact) mass is 537 g/mol. The predicted molar refractivity (Wildman–Crippen MR) is 143 cm³/mol. The van der Waals surface area contributed by atoms with Gasteiger partial charge in [0, 0.05) is 29.6 Å². The third kappa shape index (κ3) is 8.03. The van der Waals surface area contributed by atoms with Crippen LogP contribution in [0.2, 0.25) is 0 Å². The highest BCUT2D eigenvalue weighted by molar-refractivity contribution is 7.99. The first-order chi connectivity index (χ1) is 18.5. The molecule has 1 aliphatic heterocycles. The number of amides is 2. The van der Waals surface area contributed by atoms with Crippen molar-refractivity contribution in [2.75, 3.05) is 24.2 Å². The largest absolute Gasteiger partial charge is 0.465 e. The van der Waals surface area contributed by atoms with Crippen LogP contribution in [-0.4, -0.2) is 47.1 Å². The summed E-state index contributed by atoms with van der Waals surface area (Å²) >= 11 is 1.63. The number of anilines is 1. The van der Waals surface area contributed by atoms with Gasteiger partial charge in [-0.3, -0.25) is 4.79 Å². The molecular formula is C28H31N3O6S. The lowest BCUT2D eigenvalue weighted by atomic mass is 10.0. The van der Waals surface area contributed by atoms with Crippen molar-refractivity contribution in [1.29, 1.82) is 0 Å². The highest BCUT2D eigenvalue weighted by Crippen LogP contribution is 2.39. The van der Waals surface area contributed by atoms with Crippen LogP contribution in [0, 0.1) is 0 Å². The van der Waals surface area contributed by atoms with Gasteiger partial charge in [-0.15, -0.1) is 11.8 Å². The summed E-state index contributed by atoms with van der Waals surface area (Å²) < 4.78 is 17.5. The Morgan fingerprint density at radius 1 is 1.05 bits per heavy atom. The van der Waals surface area contributed by atoms with Gasteiger partial charge in [0.1, 0.15) is 6.54 Å². The summed E-state index contributed by atoms with van der Waals surface area (Å²) in [5, 5.41) is 15.5. The van der Waals surface area contributed by atoms with E-state index >= 15 is 0 Å². The molecule has 1 fully saturated rings. The molecule has 0 radical (unpaired) electrons. The summed E-state index contributed by atoms with van der Waals surface area (Å²) in [7, 11) is 0. The molecule has 1 saturated heterocycles. The molecule has 4 rings (SSSR count). The molecule has 10 heteroatoms. The molecule has 38 heavy (non-hydrogen) atoms. The first-order valence-corrected chi connectivity index (χ1v) is 13.4. The molecule has 0 saturated carbocycles. The third-order valence-corrected chi connectivity index (χ3v) is 6.88. The molecule has 1 aliphatic rings. The molecule has 2 amide bonds. The second kappa shape index (κ2) is 13.9. The summed E-state index contributed by atoms with van der Waals surface area (Å²) in [5.74, 6) is 0.212. The molecule has 3 N–H and O–H groups in total. The number of ether oxygens (including phenoxy) is 3. The zero-order chi connectivity index (χ0) is 26.7. The maximum atomic E-state index is 12.1. The minimum atomic E-state index is -0.604. The van der Waals surface area contributed by atoms with E-state index in [4.69, 9.17) is 14.2 Å². The highest BCUT2D eigenvalue weighted by Gasteiger charge is 2.32. The fraction of sp³-hybridized carbons (Fsp3) is 0.321. The number of aliphatic hydroxyl groups excluding tert-OH is 1. The van der Waals surface area contributed by atoms with E-state index in [0.29, 0.717) is 17.9 Å². The van der Waals surface area contributed by atoms with E-state index in [1.54, 1.807) is 37.0 Å². The van der Waals surface area contributed by atoms with Gasteiger partial charge in [-0.05, 0) is 42.3 Å². The van der Waals surface area contributed by atoms with Crippen molar-refractivity contribution in [3.63, 3.8) is 0 Å². The van der Waals surface area contributed by atoms with Crippen LogP contribution in [0.25, 0.3) is 0 Å². The van der Waals surface area contributed by atoms with Crippen LogP contribution in [-0.2, 0) is 25.6 Å². The summed E-state index contributed by atoms with van der Waals surface area (Å²) in [6, 6.07) is 20.2. The SMILES string of the molecule is CCOC(=O)CNC(=O)Nc1ccc([C@H]2O[C@@H](CSc3ccccn3)C[C@@H](c3ccc(CO)cc3)O2)cc1. The fourth-order valence-electron chi connectivity index (χ4n) is 3.90. The van der Waals surface area contributed by atoms with Crippen molar-refractivity contribution < 1.29 is 28.9 Å². The molecule has 1 aromatic heterocycles. The van der Waals surface area contributed by atoms with E-state index in [1.807, 2.05) is 54.6 Å². The summed E-state index contributed by atoms with van der Waals surface area (Å²) in [6.45, 7) is 1.74. The molecular weight excluding hydrogens is 506 g/mol. The molecule has 2 aromatic carbocycles. The van der Waals surface area contributed by atoms with Gasteiger partial charge >= 0.3 is 12.0 Å². The van der Waals surface area contributed by atoms with E-state index in [0.717, 1.165) is 21.7 Å². The van der Waals surface area contributed by atoms with E-state index in [1.165, 1.54) is 0 Å². The van der Waals surface area contributed by atoms with Crippen molar-refractivity contribution in [2.45, 2.75) is 43.5 Å². The average molecular weight is 538 g/mol. The number of hydrogen-bond acceptors (Lipinski definition) is 8. The molecule has 0 spiro atoms. The van der Waals surface area contributed by atoms with Crippen molar-refractivity contribution in [3.05, 3.63) is 89.6 Å². The van der Waals surface area contributed by atoms with Gasteiger partial charge in [-0.2, -0.15) is 0 Å². The number of benzene rings is 2. The number of thioether (sulfide) groups is 1. The van der Waals surface area contributed by atoms with Gasteiger partial charge in [-0.25, -0.2) is 9.78 Å². The van der Waals surface area contributed by atoms with Gasteiger partial charge in [0.15, 0.2) is 6.29 Å². The molecule has 9 nitrogen and oxygen atoms in total. The lowest BCUT2D eigenvalue weighted by Gasteiger charge is -2.36. The minimum Gasteiger partial charge on any atom is -0.465 e. The Kier molecular flexibility index (Phi) is 10.1. The number of carbonyl (C=O) groups is 2. The van der Waals surface area contributed by atoms with Crippen molar-refractivity contribution in [3.8, 4) is 0 Å². The molecule has 0 bridgehead atoms. The van der Waals surface area contributed by atoms with Gasteiger partial charge in [0.05, 0.1) is 30.4 Å². The molecule has 3 atom stereocenters. The van der Waals surface area contributed by atoms with Gasteiger partial charge in [0.2, 0.25) is 0 Å². The average Bonchev–Trinajstić information content (AvgIpc) is 2.96. The van der Waals surface area contributed by atoms with Crippen LogP contribution < -0.4 is 10.6 Å². The smallest absolute Gasteiger partial charge is 0.325 e. The van der Waals surface area contributed by atoms with Crippen LogP contribution in [0.4, 0.5) is 10.5 Å². The topological polar surface area (TPSA) is 119 Å². The van der Waals surface area contributed by atoms with Crippen molar-refractivity contribution >= 4 is 29.4 Å². The number of rotatable bonds is 10. The Morgan fingerprint density at radius 3 is 2.50 bits per heavy atom. The normalized spacial score (nSPS) is 18.9. The number of aliphatic hydroxyl groups is 1. The van der Waals surface area contributed by atoms with E-state index in [-0.39, 0.29) is 32.0 Å². The second-order valence-corrected chi connectivity index (χ2v) is 9.60. The van der Waals surface area contributed by atoms with E-state index in [9.17, 15) is 14.7 Å². The lowest BCUT2D eigenvalue weighted by Crippen LogP contribution is -2.34. The summed E-state index contributed by atoms with van der Waals surface area (Å²) in [4.78, 5) is 27.9. The molecule has 3 aromatic rings. The quantitative estimate of drug-likeness (QED) is 0.254. The molecule has 2 heterocycles. The predicted octanol–water partition coefficient (Wildman–Crippen LogP) is 4.60. The number of nitrogens with zero attached hydrogens (tertiary/aromatic N) is 1. The van der Waals surface area contributed by atoms with E-state index in [2.05, 4.69) is 15.6 Å². The fourth-order valence-corrected chi connectivity index (χ4v) is 4.78. The Labute approximate surface area is 225 Å².